The first kappa shape index (κ1) is 17.3. The highest BCUT2D eigenvalue weighted by atomic mass is 32.2. The van der Waals surface area contributed by atoms with E-state index in [9.17, 15) is 13.2 Å². The fourth-order valence-electron chi connectivity index (χ4n) is 3.52. The lowest BCUT2D eigenvalue weighted by Gasteiger charge is -2.12. The zero-order chi connectivity index (χ0) is 18.5. The van der Waals surface area contributed by atoms with Gasteiger partial charge in [-0.1, -0.05) is 12.1 Å². The number of hydrogen-bond donors (Lipinski definition) is 1. The van der Waals surface area contributed by atoms with Crippen LogP contribution in [0.15, 0.2) is 24.3 Å². The van der Waals surface area contributed by atoms with Gasteiger partial charge in [0.25, 0.3) is 5.91 Å². The molecule has 1 saturated heterocycles. The van der Waals surface area contributed by atoms with E-state index in [1.54, 1.807) is 4.68 Å². The molecule has 1 N–H and O–H groups in total. The quantitative estimate of drug-likeness (QED) is 0.893. The molecule has 6 nitrogen and oxygen atoms in total. The van der Waals surface area contributed by atoms with Crippen LogP contribution in [0.1, 0.15) is 58.5 Å². The number of aromatic nitrogens is 2. The molecule has 2 heterocycles. The molecular formula is C19H23N3O3S. The van der Waals surface area contributed by atoms with Gasteiger partial charge in [-0.25, -0.2) is 8.42 Å². The number of nitrogens with one attached hydrogen (secondary N) is 1. The van der Waals surface area contributed by atoms with E-state index in [1.807, 2.05) is 38.1 Å². The molecule has 7 heteroatoms. The van der Waals surface area contributed by atoms with Crippen LogP contribution < -0.4 is 5.32 Å². The lowest BCUT2D eigenvalue weighted by atomic mass is 10.1. The van der Waals surface area contributed by atoms with Crippen molar-refractivity contribution in [1.82, 2.24) is 9.78 Å². The number of rotatable bonds is 4. The number of carbonyl (C=O) groups excluding carboxylic acids is 1. The molecule has 1 aliphatic carbocycles. The van der Waals surface area contributed by atoms with Gasteiger partial charge in [-0.15, -0.1) is 0 Å². The Morgan fingerprint density at radius 3 is 2.62 bits per heavy atom. The molecule has 0 radical (unpaired) electrons. The molecule has 2 fully saturated rings. The van der Waals surface area contributed by atoms with E-state index in [0.29, 0.717) is 18.0 Å². The van der Waals surface area contributed by atoms with Gasteiger partial charge in [0.05, 0.1) is 17.5 Å². The normalized spacial score (nSPS) is 21.7. The summed E-state index contributed by atoms with van der Waals surface area (Å²) in [6, 6.07) is 7.60. The van der Waals surface area contributed by atoms with Crippen LogP contribution in [0.3, 0.4) is 0 Å². The standard InChI is InChI=1S/C19H23N3O3S/c1-12-3-4-13(2)16(9-12)20-19(23)17-10-18(14-5-6-14)22(21-17)15-7-8-26(24,25)11-15/h3-4,9-10,14-15H,5-8,11H2,1-2H3,(H,20,23). The van der Waals surface area contributed by atoms with Gasteiger partial charge in [-0.3, -0.25) is 9.48 Å². The van der Waals surface area contributed by atoms with Crippen molar-refractivity contribution in [2.24, 2.45) is 0 Å². The molecule has 1 saturated carbocycles. The molecule has 0 bridgehead atoms. The summed E-state index contributed by atoms with van der Waals surface area (Å²) in [5, 5.41) is 7.45. The second kappa shape index (κ2) is 6.23. The number of aryl methyl sites for hydroxylation is 2. The molecule has 4 rings (SSSR count). The van der Waals surface area contributed by atoms with Crippen LogP contribution in [0.4, 0.5) is 5.69 Å². The van der Waals surface area contributed by atoms with Crippen LogP contribution in [0.25, 0.3) is 0 Å². The van der Waals surface area contributed by atoms with Crippen molar-refractivity contribution in [1.29, 1.82) is 0 Å². The number of carbonyl (C=O) groups is 1. The highest BCUT2D eigenvalue weighted by Gasteiger charge is 2.36. The number of benzene rings is 1. The van der Waals surface area contributed by atoms with Crippen molar-refractivity contribution in [3.63, 3.8) is 0 Å². The van der Waals surface area contributed by atoms with Crippen LogP contribution in [-0.2, 0) is 9.84 Å². The first-order valence-corrected chi connectivity index (χ1v) is 10.8. The molecule has 0 spiro atoms. The van der Waals surface area contributed by atoms with Crippen molar-refractivity contribution in [2.45, 2.75) is 45.1 Å². The smallest absolute Gasteiger partial charge is 0.276 e. The van der Waals surface area contributed by atoms with Crippen molar-refractivity contribution in [3.8, 4) is 0 Å². The number of sulfone groups is 1. The summed E-state index contributed by atoms with van der Waals surface area (Å²) < 4.78 is 25.5. The molecule has 1 aromatic heterocycles. The summed E-state index contributed by atoms with van der Waals surface area (Å²) >= 11 is 0. The van der Waals surface area contributed by atoms with Gasteiger partial charge in [-0.05, 0) is 56.4 Å². The lowest BCUT2D eigenvalue weighted by Crippen LogP contribution is -2.17. The van der Waals surface area contributed by atoms with Gasteiger partial charge in [-0.2, -0.15) is 5.10 Å². The van der Waals surface area contributed by atoms with Gasteiger partial charge >= 0.3 is 0 Å². The maximum atomic E-state index is 12.7. The molecule has 2 aromatic rings. The zero-order valence-electron chi connectivity index (χ0n) is 15.0. The summed E-state index contributed by atoms with van der Waals surface area (Å²) in [4.78, 5) is 12.7. The lowest BCUT2D eigenvalue weighted by molar-refractivity contribution is 0.102. The Morgan fingerprint density at radius 2 is 1.96 bits per heavy atom. The molecule has 1 aromatic carbocycles. The molecule has 1 atom stereocenters. The van der Waals surface area contributed by atoms with E-state index in [1.165, 1.54) is 0 Å². The number of nitrogens with zero attached hydrogens (tertiary/aromatic N) is 2. The first-order chi connectivity index (χ1) is 12.3. The fraction of sp³-hybridized carbons (Fsp3) is 0.474. The topological polar surface area (TPSA) is 81.1 Å². The predicted molar refractivity (Wildman–Crippen MR) is 100 cm³/mol. The van der Waals surface area contributed by atoms with Gasteiger partial charge < -0.3 is 5.32 Å². The first-order valence-electron chi connectivity index (χ1n) is 9.01. The SMILES string of the molecule is Cc1ccc(C)c(NC(=O)c2cc(C3CC3)n(C3CCS(=O)(=O)C3)n2)c1. The minimum absolute atomic E-state index is 0.118. The largest absolute Gasteiger partial charge is 0.320 e. The Morgan fingerprint density at radius 1 is 1.19 bits per heavy atom. The van der Waals surface area contributed by atoms with Crippen molar-refractivity contribution in [2.75, 3.05) is 16.8 Å². The van der Waals surface area contributed by atoms with Crippen molar-refractivity contribution < 1.29 is 13.2 Å². The zero-order valence-corrected chi connectivity index (χ0v) is 15.8. The Labute approximate surface area is 153 Å². The molecule has 1 amide bonds. The fourth-order valence-corrected chi connectivity index (χ4v) is 5.21. The van der Waals surface area contributed by atoms with E-state index in [-0.39, 0.29) is 23.5 Å². The minimum Gasteiger partial charge on any atom is -0.320 e. The van der Waals surface area contributed by atoms with Gasteiger partial charge in [0.15, 0.2) is 15.5 Å². The average Bonchev–Trinajstić information content (AvgIpc) is 3.22. The predicted octanol–water partition coefficient (Wildman–Crippen LogP) is 2.99. The van der Waals surface area contributed by atoms with E-state index in [0.717, 1.165) is 35.3 Å². The summed E-state index contributed by atoms with van der Waals surface area (Å²) in [5.41, 5.74) is 4.20. The van der Waals surface area contributed by atoms with Gasteiger partial charge in [0.1, 0.15) is 0 Å². The summed E-state index contributed by atoms with van der Waals surface area (Å²) in [6.45, 7) is 3.93. The minimum atomic E-state index is -3.00. The Kier molecular flexibility index (Phi) is 4.14. The molecule has 2 aliphatic rings. The molecule has 138 valence electrons. The summed E-state index contributed by atoms with van der Waals surface area (Å²) in [5.74, 6) is 0.464. The van der Waals surface area contributed by atoms with Gasteiger partial charge in [0.2, 0.25) is 0 Å². The third kappa shape index (κ3) is 3.40. The van der Waals surface area contributed by atoms with E-state index in [2.05, 4.69) is 10.4 Å². The molecule has 26 heavy (non-hydrogen) atoms. The maximum Gasteiger partial charge on any atom is 0.276 e. The summed E-state index contributed by atoms with van der Waals surface area (Å²) in [6.07, 6.45) is 2.72. The Hall–Kier alpha value is -2.15. The van der Waals surface area contributed by atoms with Crippen LogP contribution in [0, 0.1) is 13.8 Å². The molecule has 1 aliphatic heterocycles. The van der Waals surface area contributed by atoms with Gasteiger partial charge in [0, 0.05) is 17.3 Å². The van der Waals surface area contributed by atoms with Crippen LogP contribution in [0.2, 0.25) is 0 Å². The van der Waals surface area contributed by atoms with Crippen LogP contribution >= 0.6 is 0 Å². The second-order valence-electron chi connectivity index (χ2n) is 7.50. The highest BCUT2D eigenvalue weighted by Crippen LogP contribution is 2.42. The maximum absolute atomic E-state index is 12.7. The number of hydrogen-bond acceptors (Lipinski definition) is 4. The third-order valence-electron chi connectivity index (χ3n) is 5.19. The average molecular weight is 373 g/mol. The second-order valence-corrected chi connectivity index (χ2v) is 9.73. The Balaban J connectivity index is 1.62. The summed E-state index contributed by atoms with van der Waals surface area (Å²) in [7, 11) is -3.00. The van der Waals surface area contributed by atoms with Crippen molar-refractivity contribution >= 4 is 21.4 Å². The van der Waals surface area contributed by atoms with E-state index >= 15 is 0 Å². The van der Waals surface area contributed by atoms with E-state index in [4.69, 9.17) is 0 Å². The van der Waals surface area contributed by atoms with Crippen LogP contribution in [0.5, 0.6) is 0 Å². The van der Waals surface area contributed by atoms with Crippen LogP contribution in [-0.4, -0.2) is 35.6 Å². The monoisotopic (exact) mass is 373 g/mol. The number of amides is 1. The van der Waals surface area contributed by atoms with E-state index < -0.39 is 9.84 Å². The molecular weight excluding hydrogens is 350 g/mol. The number of anilines is 1. The molecule has 1 unspecified atom stereocenters. The Bertz CT molecular complexity index is 974. The third-order valence-corrected chi connectivity index (χ3v) is 6.94. The van der Waals surface area contributed by atoms with Crippen molar-refractivity contribution in [3.05, 3.63) is 46.8 Å². The highest BCUT2D eigenvalue weighted by molar-refractivity contribution is 7.91.